The summed E-state index contributed by atoms with van der Waals surface area (Å²) >= 11 is 0. The Kier molecular flexibility index (Phi) is 4.12. The maximum Gasteiger partial charge on any atom is 0.270 e. The first-order chi connectivity index (χ1) is 11.0. The summed E-state index contributed by atoms with van der Waals surface area (Å²) in [6.07, 6.45) is 4.17. The first kappa shape index (κ1) is 15.6. The van der Waals surface area contributed by atoms with Crippen LogP contribution < -0.4 is 11.1 Å². The van der Waals surface area contributed by atoms with E-state index in [0.717, 1.165) is 12.8 Å². The third-order valence-electron chi connectivity index (χ3n) is 5.07. The van der Waals surface area contributed by atoms with Crippen molar-refractivity contribution in [3.05, 3.63) is 28.7 Å². The van der Waals surface area contributed by atoms with E-state index in [1.807, 2.05) is 0 Å². The first-order valence-corrected chi connectivity index (χ1v) is 7.84. The standard InChI is InChI=1S/C16H21N5O2/c1-21-11-3-4-12(21)7-10(6-11)19-16(22)15(18)13-8-9(20-23)2-5-14(13)17/h2,5,8,10-12,18H,3-4,6-7,17H2,1H3,(H,19,22). The fraction of sp³-hybridized carbons (Fsp3) is 0.500. The molecular weight excluding hydrogens is 294 g/mol. The molecule has 23 heavy (non-hydrogen) atoms. The third kappa shape index (κ3) is 2.96. The van der Waals surface area contributed by atoms with Gasteiger partial charge in [-0.05, 0) is 56.1 Å². The molecular formula is C16H21N5O2. The monoisotopic (exact) mass is 315 g/mol. The highest BCUT2D eigenvalue weighted by molar-refractivity contribution is 6.45. The van der Waals surface area contributed by atoms with Crippen molar-refractivity contribution in [1.82, 2.24) is 10.2 Å². The van der Waals surface area contributed by atoms with Crippen LogP contribution in [0.5, 0.6) is 0 Å². The molecule has 7 nitrogen and oxygen atoms in total. The van der Waals surface area contributed by atoms with Crippen LogP contribution in [0.25, 0.3) is 0 Å². The number of nitroso groups, excluding NO2 is 1. The van der Waals surface area contributed by atoms with Crippen molar-refractivity contribution in [3.8, 4) is 0 Å². The summed E-state index contributed by atoms with van der Waals surface area (Å²) in [7, 11) is 2.14. The zero-order valence-electron chi connectivity index (χ0n) is 13.1. The van der Waals surface area contributed by atoms with E-state index in [2.05, 4.69) is 22.4 Å². The van der Waals surface area contributed by atoms with Crippen LogP contribution in [-0.2, 0) is 4.79 Å². The number of anilines is 1. The van der Waals surface area contributed by atoms with E-state index in [9.17, 15) is 9.70 Å². The highest BCUT2D eigenvalue weighted by atomic mass is 16.3. The zero-order chi connectivity index (χ0) is 16.6. The van der Waals surface area contributed by atoms with E-state index >= 15 is 0 Å². The van der Waals surface area contributed by atoms with E-state index in [4.69, 9.17) is 11.1 Å². The van der Waals surface area contributed by atoms with Gasteiger partial charge in [0.15, 0.2) is 0 Å². The number of carbonyl (C=O) groups is 1. The van der Waals surface area contributed by atoms with Gasteiger partial charge in [-0.3, -0.25) is 10.2 Å². The van der Waals surface area contributed by atoms with E-state index in [-0.39, 0.29) is 23.0 Å². The average molecular weight is 315 g/mol. The number of nitrogen functional groups attached to an aromatic ring is 1. The second-order valence-corrected chi connectivity index (χ2v) is 6.43. The number of nitrogens with two attached hydrogens (primary N) is 1. The summed E-state index contributed by atoms with van der Waals surface area (Å²) in [5.41, 5.74) is 6.29. The van der Waals surface area contributed by atoms with Crippen molar-refractivity contribution in [2.75, 3.05) is 12.8 Å². The normalized spacial score (nSPS) is 26.7. The summed E-state index contributed by atoms with van der Waals surface area (Å²) < 4.78 is 0. The minimum atomic E-state index is -0.450. The van der Waals surface area contributed by atoms with Gasteiger partial charge in [-0.1, -0.05) is 0 Å². The number of nitrogens with zero attached hydrogens (tertiary/aromatic N) is 2. The molecule has 1 aromatic rings. The second-order valence-electron chi connectivity index (χ2n) is 6.43. The predicted molar refractivity (Wildman–Crippen MR) is 88.9 cm³/mol. The number of carbonyl (C=O) groups excluding carboxylic acids is 1. The highest BCUT2D eigenvalue weighted by Gasteiger charge is 2.39. The molecule has 0 aliphatic carbocycles. The molecule has 0 aromatic heterocycles. The van der Waals surface area contributed by atoms with Gasteiger partial charge in [0, 0.05) is 29.4 Å². The van der Waals surface area contributed by atoms with Crippen LogP contribution in [0.15, 0.2) is 23.4 Å². The average Bonchev–Trinajstić information content (AvgIpc) is 2.76. The lowest BCUT2D eigenvalue weighted by molar-refractivity contribution is -0.115. The summed E-state index contributed by atoms with van der Waals surface area (Å²) in [4.78, 5) is 25.4. The lowest BCUT2D eigenvalue weighted by Gasteiger charge is -2.36. The largest absolute Gasteiger partial charge is 0.398 e. The van der Waals surface area contributed by atoms with Gasteiger partial charge in [-0.25, -0.2) is 0 Å². The molecule has 4 N–H and O–H groups in total. The molecule has 2 aliphatic rings. The Bertz CT molecular complexity index is 646. The number of hydrogen-bond acceptors (Lipinski definition) is 6. The van der Waals surface area contributed by atoms with E-state index in [1.165, 1.54) is 31.0 Å². The fourth-order valence-corrected chi connectivity index (χ4v) is 3.73. The van der Waals surface area contributed by atoms with Crippen molar-refractivity contribution in [2.24, 2.45) is 5.18 Å². The van der Waals surface area contributed by atoms with E-state index < -0.39 is 5.91 Å². The van der Waals surface area contributed by atoms with Crippen molar-refractivity contribution >= 4 is 23.0 Å². The summed E-state index contributed by atoms with van der Waals surface area (Å²) in [5, 5.41) is 13.9. The van der Waals surface area contributed by atoms with E-state index in [1.54, 1.807) is 0 Å². The van der Waals surface area contributed by atoms with Gasteiger partial charge in [-0.15, -0.1) is 4.91 Å². The Hall–Kier alpha value is -2.28. The van der Waals surface area contributed by atoms with Crippen LogP contribution in [0.3, 0.4) is 0 Å². The number of hydrogen-bond donors (Lipinski definition) is 3. The van der Waals surface area contributed by atoms with Crippen LogP contribution in [0.2, 0.25) is 0 Å². The summed E-state index contributed by atoms with van der Waals surface area (Å²) in [5.74, 6) is -0.450. The third-order valence-corrected chi connectivity index (χ3v) is 5.07. The van der Waals surface area contributed by atoms with E-state index in [0.29, 0.717) is 17.8 Å². The SMILES string of the molecule is CN1C2CCC1CC(NC(=O)C(=N)c1cc(N=O)ccc1N)C2. The molecule has 0 saturated carbocycles. The maximum absolute atomic E-state index is 12.4. The molecule has 122 valence electrons. The van der Waals surface area contributed by atoms with Crippen LogP contribution in [0, 0.1) is 10.3 Å². The smallest absolute Gasteiger partial charge is 0.270 e. The lowest BCUT2D eigenvalue weighted by Crippen LogP contribution is -2.50. The Morgan fingerprint density at radius 1 is 1.35 bits per heavy atom. The number of piperidine rings is 1. The molecule has 2 saturated heterocycles. The van der Waals surface area contributed by atoms with Gasteiger partial charge in [0.25, 0.3) is 5.91 Å². The molecule has 2 heterocycles. The molecule has 2 aliphatic heterocycles. The minimum Gasteiger partial charge on any atom is -0.398 e. The summed E-state index contributed by atoms with van der Waals surface area (Å²) in [6.45, 7) is 0. The molecule has 2 atom stereocenters. The Morgan fingerprint density at radius 2 is 2.00 bits per heavy atom. The molecule has 1 amide bonds. The number of nitrogens with one attached hydrogen (secondary N) is 2. The maximum atomic E-state index is 12.4. The van der Waals surface area contributed by atoms with Gasteiger partial charge in [0.2, 0.25) is 0 Å². The molecule has 2 fully saturated rings. The van der Waals surface area contributed by atoms with Crippen LogP contribution in [0.4, 0.5) is 11.4 Å². The summed E-state index contributed by atoms with van der Waals surface area (Å²) in [6, 6.07) is 5.45. The first-order valence-electron chi connectivity index (χ1n) is 7.84. The fourth-order valence-electron chi connectivity index (χ4n) is 3.73. The topological polar surface area (TPSA) is 112 Å². The molecule has 0 spiro atoms. The number of amides is 1. The predicted octanol–water partition coefficient (Wildman–Crippen LogP) is 1.78. The molecule has 2 bridgehead atoms. The van der Waals surface area contributed by atoms with Crippen molar-refractivity contribution in [2.45, 2.75) is 43.8 Å². The van der Waals surface area contributed by atoms with Gasteiger partial charge in [0.1, 0.15) is 11.4 Å². The lowest BCUT2D eigenvalue weighted by atomic mass is 9.97. The van der Waals surface area contributed by atoms with Crippen molar-refractivity contribution < 1.29 is 4.79 Å². The van der Waals surface area contributed by atoms with Crippen LogP contribution in [-0.4, -0.2) is 41.7 Å². The zero-order valence-corrected chi connectivity index (χ0v) is 13.1. The number of rotatable bonds is 4. The Labute approximate surface area is 134 Å². The van der Waals surface area contributed by atoms with Gasteiger partial charge >= 0.3 is 0 Å². The molecule has 2 unspecified atom stereocenters. The van der Waals surface area contributed by atoms with Gasteiger partial charge in [-0.2, -0.15) is 0 Å². The Balaban J connectivity index is 1.69. The minimum absolute atomic E-state index is 0.0881. The molecule has 1 aromatic carbocycles. The molecule has 3 rings (SSSR count). The molecule has 0 radical (unpaired) electrons. The Morgan fingerprint density at radius 3 is 2.61 bits per heavy atom. The van der Waals surface area contributed by atoms with Gasteiger partial charge in [0.05, 0.1) is 0 Å². The number of fused-ring (bicyclic) bond motifs is 2. The quantitative estimate of drug-likeness (QED) is 0.446. The van der Waals surface area contributed by atoms with Crippen molar-refractivity contribution in [3.63, 3.8) is 0 Å². The van der Waals surface area contributed by atoms with Gasteiger partial charge < -0.3 is 16.0 Å². The second kappa shape index (κ2) is 6.08. The highest BCUT2D eigenvalue weighted by Crippen LogP contribution is 2.34. The van der Waals surface area contributed by atoms with Crippen LogP contribution >= 0.6 is 0 Å². The van der Waals surface area contributed by atoms with Crippen LogP contribution in [0.1, 0.15) is 31.2 Å². The number of benzene rings is 1. The molecule has 7 heteroatoms. The van der Waals surface area contributed by atoms with Crippen molar-refractivity contribution in [1.29, 1.82) is 5.41 Å².